The molecule has 5 aliphatic heterocycles. The minimum absolute atomic E-state index is 0.0990. The molecule has 14 heteroatoms. The van der Waals surface area contributed by atoms with Gasteiger partial charge in [-0.1, -0.05) is 5.16 Å². The molecule has 0 saturated carbocycles. The van der Waals surface area contributed by atoms with Gasteiger partial charge in [0.25, 0.3) is 0 Å². The molecule has 6 heterocycles. The van der Waals surface area contributed by atoms with E-state index in [0.717, 1.165) is 12.8 Å². The summed E-state index contributed by atoms with van der Waals surface area (Å²) >= 11 is 0. The number of amides is 5. The zero-order valence-electron chi connectivity index (χ0n) is 21.9. The number of rotatable bonds is 2. The number of carbonyl (C=O) groups excluding carboxylic acids is 4. The van der Waals surface area contributed by atoms with Gasteiger partial charge in [-0.2, -0.15) is 0 Å². The number of urea groups is 1. The Kier molecular flexibility index (Phi) is 5.58. The number of nitrogens with zero attached hydrogens (tertiary/aromatic N) is 3. The highest BCUT2D eigenvalue weighted by Gasteiger charge is 2.63. The predicted molar refractivity (Wildman–Crippen MR) is 134 cm³/mol. The number of anilines is 2. The number of nitrogens with one attached hydrogen (secondary N) is 2. The lowest BCUT2D eigenvalue weighted by atomic mass is 9.66. The SMILES string of the molecule is C[C@@H]1CN2c3c(cc4c(N5C(=O)OC[C@@H]5C5CCOCC5)noc4c3F)CC3(C(=O)NC(=O)NC3=O)C2[C@H](C)O1. The van der Waals surface area contributed by atoms with Crippen molar-refractivity contribution in [2.45, 2.75) is 57.4 Å². The van der Waals surface area contributed by atoms with Crippen LogP contribution in [0.15, 0.2) is 10.6 Å². The van der Waals surface area contributed by atoms with Crippen molar-refractivity contribution in [2.75, 3.05) is 36.2 Å². The monoisotopic (exact) mass is 557 g/mol. The van der Waals surface area contributed by atoms with Crippen LogP contribution in [-0.2, 0) is 30.2 Å². The van der Waals surface area contributed by atoms with Crippen LogP contribution in [0.4, 0.5) is 25.5 Å². The van der Waals surface area contributed by atoms with Crippen molar-refractivity contribution in [3.63, 3.8) is 0 Å². The normalized spacial score (nSPS) is 30.3. The number of benzene rings is 1. The van der Waals surface area contributed by atoms with E-state index in [1.54, 1.807) is 17.9 Å². The zero-order chi connectivity index (χ0) is 27.9. The largest absolute Gasteiger partial charge is 0.447 e. The maximum atomic E-state index is 16.4. The molecule has 0 bridgehead atoms. The summed E-state index contributed by atoms with van der Waals surface area (Å²) in [5.74, 6) is -2.05. The predicted octanol–water partition coefficient (Wildman–Crippen LogP) is 1.61. The number of morpholine rings is 1. The molecular weight excluding hydrogens is 529 g/mol. The van der Waals surface area contributed by atoms with Gasteiger partial charge in [-0.05, 0) is 44.2 Å². The minimum Gasteiger partial charge on any atom is -0.447 e. The van der Waals surface area contributed by atoms with Crippen molar-refractivity contribution < 1.29 is 42.3 Å². The Bertz CT molecular complexity index is 1430. The van der Waals surface area contributed by atoms with Crippen molar-refractivity contribution in [1.82, 2.24) is 15.8 Å². The number of hydrogen-bond donors (Lipinski definition) is 2. The Morgan fingerprint density at radius 3 is 2.55 bits per heavy atom. The number of cyclic esters (lactones) is 1. The number of hydrogen-bond acceptors (Lipinski definition) is 10. The van der Waals surface area contributed by atoms with Gasteiger partial charge in [0, 0.05) is 26.2 Å². The number of aromatic nitrogens is 1. The topological polar surface area (TPSA) is 153 Å². The highest BCUT2D eigenvalue weighted by molar-refractivity contribution is 6.20. The minimum atomic E-state index is -1.77. The molecule has 4 atom stereocenters. The van der Waals surface area contributed by atoms with Crippen molar-refractivity contribution in [3.8, 4) is 0 Å². The maximum absolute atomic E-state index is 16.4. The van der Waals surface area contributed by atoms with Gasteiger partial charge in [-0.25, -0.2) is 14.0 Å². The Balaban J connectivity index is 1.39. The molecule has 0 radical (unpaired) electrons. The number of fused-ring (bicyclic) bond motifs is 5. The third kappa shape index (κ3) is 3.41. The number of carbonyl (C=O) groups is 4. The molecule has 13 nitrogen and oxygen atoms in total. The summed E-state index contributed by atoms with van der Waals surface area (Å²) in [5.41, 5.74) is -1.39. The first kappa shape index (κ1) is 25.2. The summed E-state index contributed by atoms with van der Waals surface area (Å²) in [7, 11) is 0. The molecule has 2 N–H and O–H groups in total. The number of barbiturate groups is 1. The lowest BCUT2D eigenvalue weighted by Crippen LogP contribution is -2.75. The van der Waals surface area contributed by atoms with Crippen LogP contribution in [0.1, 0.15) is 32.3 Å². The van der Waals surface area contributed by atoms with Crippen LogP contribution in [0, 0.1) is 17.2 Å². The van der Waals surface area contributed by atoms with E-state index in [1.165, 1.54) is 4.90 Å². The molecule has 7 rings (SSSR count). The Morgan fingerprint density at radius 1 is 1.10 bits per heavy atom. The Labute approximate surface area is 227 Å². The van der Waals surface area contributed by atoms with Gasteiger partial charge >= 0.3 is 12.1 Å². The molecule has 212 valence electrons. The molecule has 1 spiro atoms. The second-order valence-electron chi connectivity index (χ2n) is 11.2. The first-order valence-electron chi connectivity index (χ1n) is 13.4. The first-order chi connectivity index (χ1) is 19.2. The van der Waals surface area contributed by atoms with Crippen LogP contribution < -0.4 is 20.4 Å². The molecule has 4 saturated heterocycles. The van der Waals surface area contributed by atoms with Crippen LogP contribution in [0.25, 0.3) is 11.0 Å². The summed E-state index contributed by atoms with van der Waals surface area (Å²) in [4.78, 5) is 54.8. The van der Waals surface area contributed by atoms with E-state index in [-0.39, 0.29) is 60.1 Å². The molecular formula is C26H28FN5O8. The van der Waals surface area contributed by atoms with Crippen molar-refractivity contribution in [2.24, 2.45) is 11.3 Å². The first-order valence-corrected chi connectivity index (χ1v) is 13.4. The van der Waals surface area contributed by atoms with Gasteiger partial charge in [0.15, 0.2) is 17.1 Å². The fraction of sp³-hybridized carbons (Fsp3) is 0.577. The quantitative estimate of drug-likeness (QED) is 0.521. The second-order valence-corrected chi connectivity index (χ2v) is 11.2. The Morgan fingerprint density at radius 2 is 1.82 bits per heavy atom. The van der Waals surface area contributed by atoms with Crippen LogP contribution in [0.5, 0.6) is 0 Å². The van der Waals surface area contributed by atoms with E-state index < -0.39 is 47.3 Å². The lowest BCUT2D eigenvalue weighted by molar-refractivity contribution is -0.153. The number of ether oxygens (including phenoxy) is 3. The van der Waals surface area contributed by atoms with Crippen molar-refractivity contribution in [1.29, 1.82) is 0 Å². The number of imide groups is 2. The van der Waals surface area contributed by atoms with Gasteiger partial charge in [0.1, 0.15) is 6.61 Å². The van der Waals surface area contributed by atoms with Crippen LogP contribution >= 0.6 is 0 Å². The molecule has 2 aromatic rings. The Hall–Kier alpha value is -3.78. The van der Waals surface area contributed by atoms with Crippen LogP contribution in [0.3, 0.4) is 0 Å². The van der Waals surface area contributed by atoms with E-state index >= 15 is 4.39 Å². The third-order valence-electron chi connectivity index (χ3n) is 8.89. The smallest absolute Gasteiger partial charge is 0.416 e. The summed E-state index contributed by atoms with van der Waals surface area (Å²) in [6, 6.07) is -0.525. The zero-order valence-corrected chi connectivity index (χ0v) is 21.9. The summed E-state index contributed by atoms with van der Waals surface area (Å²) in [5, 5.41) is 8.78. The molecule has 1 aromatic carbocycles. The molecule has 40 heavy (non-hydrogen) atoms. The summed E-state index contributed by atoms with van der Waals surface area (Å²) in [6.07, 6.45) is -0.342. The van der Waals surface area contributed by atoms with Crippen molar-refractivity contribution in [3.05, 3.63) is 17.4 Å². The van der Waals surface area contributed by atoms with Crippen molar-refractivity contribution >= 4 is 46.4 Å². The number of halogens is 1. The van der Waals surface area contributed by atoms with E-state index in [2.05, 4.69) is 15.8 Å². The summed E-state index contributed by atoms with van der Waals surface area (Å²) in [6.45, 7) is 5.01. The fourth-order valence-corrected chi connectivity index (χ4v) is 7.24. The third-order valence-corrected chi connectivity index (χ3v) is 8.89. The maximum Gasteiger partial charge on any atom is 0.416 e. The molecule has 4 fully saturated rings. The van der Waals surface area contributed by atoms with E-state index in [4.69, 9.17) is 18.7 Å². The average molecular weight is 558 g/mol. The van der Waals surface area contributed by atoms with E-state index in [0.29, 0.717) is 18.8 Å². The highest BCUT2D eigenvalue weighted by atomic mass is 19.1. The van der Waals surface area contributed by atoms with Gasteiger partial charge in [0.2, 0.25) is 17.4 Å². The van der Waals surface area contributed by atoms with E-state index in [9.17, 15) is 19.2 Å². The highest BCUT2D eigenvalue weighted by Crippen LogP contribution is 2.50. The summed E-state index contributed by atoms with van der Waals surface area (Å²) < 4.78 is 38.8. The van der Waals surface area contributed by atoms with E-state index in [1.807, 2.05) is 6.92 Å². The lowest BCUT2D eigenvalue weighted by Gasteiger charge is -2.55. The van der Waals surface area contributed by atoms with Gasteiger partial charge in [0.05, 0.1) is 35.4 Å². The second kappa shape index (κ2) is 8.86. The standard InChI is InChI=1S/C26H28FN5O8/c1-11-9-31-18-14(8-26(20(31)12(2)39-11)22(33)28-24(35)29-23(26)34)7-15-19(17(18)27)40-30-21(15)32-16(10-38-25(32)36)13-3-5-37-6-4-13/h7,11-13,16,20H,3-6,8-10H2,1-2H3,(H2,28,29,33,34,35)/t11-,12+,16-,20?/m1/s1. The van der Waals surface area contributed by atoms with Gasteiger partial charge in [-0.3, -0.25) is 25.1 Å². The molecule has 5 amide bonds. The van der Waals surface area contributed by atoms with Crippen LogP contribution in [-0.4, -0.2) is 79.8 Å². The molecule has 0 aliphatic carbocycles. The molecule has 1 unspecified atom stereocenters. The van der Waals surface area contributed by atoms with Gasteiger partial charge < -0.3 is 23.6 Å². The average Bonchev–Trinajstić information content (AvgIpc) is 3.50. The van der Waals surface area contributed by atoms with Crippen LogP contribution in [0.2, 0.25) is 0 Å². The van der Waals surface area contributed by atoms with Gasteiger partial charge in [-0.15, -0.1) is 0 Å². The molecule has 5 aliphatic rings. The molecule has 1 aromatic heterocycles. The fourth-order valence-electron chi connectivity index (χ4n) is 7.24.